The van der Waals surface area contributed by atoms with Crippen LogP contribution in [0.5, 0.6) is 0 Å². The molecule has 1 heterocycles. The van der Waals surface area contributed by atoms with Gasteiger partial charge in [-0.25, -0.2) is 0 Å². The van der Waals surface area contributed by atoms with Crippen molar-refractivity contribution in [1.82, 2.24) is 0 Å². The monoisotopic (exact) mass is 214 g/mol. The number of ether oxygens (including phenoxy) is 2. The third-order valence-corrected chi connectivity index (χ3v) is 2.66. The maximum atomic E-state index is 11.5. The lowest BCUT2D eigenvalue weighted by molar-refractivity contribution is -0.121. The van der Waals surface area contributed by atoms with Gasteiger partial charge in [0.2, 0.25) is 0 Å². The van der Waals surface area contributed by atoms with Crippen LogP contribution in [-0.4, -0.2) is 25.3 Å². The molecule has 1 fully saturated rings. The van der Waals surface area contributed by atoms with Crippen LogP contribution < -0.4 is 0 Å². The van der Waals surface area contributed by atoms with Crippen molar-refractivity contribution in [2.75, 3.05) is 13.2 Å². The second-order valence-electron chi connectivity index (χ2n) is 4.06. The van der Waals surface area contributed by atoms with Crippen molar-refractivity contribution in [2.24, 2.45) is 0 Å². The number of hydrogen-bond acceptors (Lipinski definition) is 3. The Morgan fingerprint density at radius 2 is 1.87 bits per heavy atom. The number of carbonyl (C=O) groups excluding carboxylic acids is 1. The quantitative estimate of drug-likeness (QED) is 0.583. The average Bonchev–Trinajstić information content (AvgIpc) is 2.74. The minimum atomic E-state index is -0.121. The molecule has 0 aliphatic carbocycles. The summed E-state index contributed by atoms with van der Waals surface area (Å²) in [6, 6.07) is 0. The van der Waals surface area contributed by atoms with Crippen LogP contribution in [0.3, 0.4) is 0 Å². The highest BCUT2D eigenvalue weighted by Crippen LogP contribution is 2.12. The highest BCUT2D eigenvalue weighted by Gasteiger charge is 2.16. The molecule has 0 atom stereocenters. The fourth-order valence-corrected chi connectivity index (χ4v) is 1.73. The number of rotatable bonds is 8. The third-order valence-electron chi connectivity index (χ3n) is 2.66. The van der Waals surface area contributed by atoms with Crippen molar-refractivity contribution in [1.29, 1.82) is 0 Å². The number of ketones is 1. The van der Waals surface area contributed by atoms with E-state index in [1.165, 1.54) is 19.3 Å². The molecule has 1 saturated heterocycles. The fourth-order valence-electron chi connectivity index (χ4n) is 1.73. The van der Waals surface area contributed by atoms with Gasteiger partial charge in [-0.1, -0.05) is 26.2 Å². The van der Waals surface area contributed by atoms with Crippen LogP contribution in [0.4, 0.5) is 0 Å². The van der Waals surface area contributed by atoms with Gasteiger partial charge < -0.3 is 9.47 Å². The second-order valence-corrected chi connectivity index (χ2v) is 4.06. The lowest BCUT2D eigenvalue weighted by Gasteiger charge is -2.07. The van der Waals surface area contributed by atoms with Gasteiger partial charge in [-0.15, -0.1) is 0 Å². The fraction of sp³-hybridized carbons (Fsp3) is 0.917. The van der Waals surface area contributed by atoms with E-state index in [4.69, 9.17) is 9.47 Å². The zero-order valence-electron chi connectivity index (χ0n) is 9.67. The highest BCUT2D eigenvalue weighted by atomic mass is 16.7. The molecule has 0 aromatic rings. The summed E-state index contributed by atoms with van der Waals surface area (Å²) in [5.41, 5.74) is 0. The van der Waals surface area contributed by atoms with Crippen molar-refractivity contribution in [3.8, 4) is 0 Å². The summed E-state index contributed by atoms with van der Waals surface area (Å²) in [6.07, 6.45) is 6.62. The van der Waals surface area contributed by atoms with Gasteiger partial charge in [0.05, 0.1) is 13.2 Å². The molecule has 0 radical (unpaired) electrons. The summed E-state index contributed by atoms with van der Waals surface area (Å²) in [4.78, 5) is 11.5. The minimum absolute atomic E-state index is 0.121. The van der Waals surface area contributed by atoms with Gasteiger partial charge in [0.25, 0.3) is 0 Å². The summed E-state index contributed by atoms with van der Waals surface area (Å²) in [7, 11) is 0. The molecular weight excluding hydrogens is 192 g/mol. The Morgan fingerprint density at radius 1 is 1.13 bits per heavy atom. The molecule has 1 aliphatic heterocycles. The zero-order valence-corrected chi connectivity index (χ0v) is 9.67. The largest absolute Gasteiger partial charge is 0.350 e. The molecule has 15 heavy (non-hydrogen) atoms. The normalized spacial score (nSPS) is 17.1. The molecule has 0 aromatic carbocycles. The predicted molar refractivity (Wildman–Crippen MR) is 58.7 cm³/mol. The molecular formula is C12H22O3. The van der Waals surface area contributed by atoms with E-state index in [0.717, 1.165) is 19.3 Å². The Bertz CT molecular complexity index is 174. The van der Waals surface area contributed by atoms with E-state index in [1.807, 2.05) is 0 Å². The zero-order chi connectivity index (χ0) is 10.9. The highest BCUT2D eigenvalue weighted by molar-refractivity contribution is 5.78. The predicted octanol–water partition coefficient (Wildman–Crippen LogP) is 2.68. The van der Waals surface area contributed by atoms with Crippen LogP contribution in [0.25, 0.3) is 0 Å². The van der Waals surface area contributed by atoms with Gasteiger partial charge >= 0.3 is 0 Å². The lowest BCUT2D eigenvalue weighted by Crippen LogP contribution is -2.10. The van der Waals surface area contributed by atoms with Gasteiger partial charge in [0.1, 0.15) is 5.78 Å². The molecule has 0 unspecified atom stereocenters. The van der Waals surface area contributed by atoms with Crippen LogP contribution in [0, 0.1) is 0 Å². The third kappa shape index (κ3) is 5.90. The molecule has 88 valence electrons. The van der Waals surface area contributed by atoms with Crippen LogP contribution in [0.2, 0.25) is 0 Å². The van der Waals surface area contributed by atoms with Gasteiger partial charge in [-0.2, -0.15) is 0 Å². The number of carbonyl (C=O) groups is 1. The Hall–Kier alpha value is -0.410. The van der Waals surface area contributed by atoms with Crippen LogP contribution in [0.1, 0.15) is 51.9 Å². The van der Waals surface area contributed by atoms with Gasteiger partial charge in [-0.3, -0.25) is 4.79 Å². The van der Waals surface area contributed by atoms with Crippen molar-refractivity contribution >= 4 is 5.78 Å². The molecule has 0 amide bonds. The lowest BCUT2D eigenvalue weighted by atomic mass is 10.1. The topological polar surface area (TPSA) is 35.5 Å². The van der Waals surface area contributed by atoms with Crippen LogP contribution >= 0.6 is 0 Å². The van der Waals surface area contributed by atoms with Crippen LogP contribution in [0.15, 0.2) is 0 Å². The van der Waals surface area contributed by atoms with Crippen molar-refractivity contribution in [3.05, 3.63) is 0 Å². The first-order valence-electron chi connectivity index (χ1n) is 6.08. The van der Waals surface area contributed by atoms with E-state index >= 15 is 0 Å². The molecule has 3 heteroatoms. The van der Waals surface area contributed by atoms with E-state index in [-0.39, 0.29) is 6.29 Å². The Balaban J connectivity index is 1.93. The van der Waals surface area contributed by atoms with Crippen molar-refractivity contribution in [3.63, 3.8) is 0 Å². The smallest absolute Gasteiger partial charge is 0.158 e. The molecule has 0 saturated carbocycles. The van der Waals surface area contributed by atoms with E-state index in [9.17, 15) is 4.79 Å². The molecule has 0 aromatic heterocycles. The maximum Gasteiger partial charge on any atom is 0.158 e. The number of unbranched alkanes of at least 4 members (excludes halogenated alkanes) is 3. The maximum absolute atomic E-state index is 11.5. The van der Waals surface area contributed by atoms with Gasteiger partial charge in [0, 0.05) is 19.3 Å². The van der Waals surface area contributed by atoms with Gasteiger partial charge in [-0.05, 0) is 6.42 Å². The Kier molecular flexibility index (Phi) is 6.60. The molecule has 1 rings (SSSR count). The van der Waals surface area contributed by atoms with Crippen LogP contribution in [-0.2, 0) is 14.3 Å². The summed E-state index contributed by atoms with van der Waals surface area (Å²) in [5, 5.41) is 0. The van der Waals surface area contributed by atoms with Gasteiger partial charge in [0.15, 0.2) is 6.29 Å². The van der Waals surface area contributed by atoms with Crippen molar-refractivity contribution < 1.29 is 14.3 Å². The number of hydrogen-bond donors (Lipinski definition) is 0. The minimum Gasteiger partial charge on any atom is -0.350 e. The standard InChI is InChI=1S/C12H22O3/c1-2-3-4-5-6-11(13)7-8-12-14-9-10-15-12/h12H,2-10H2,1H3. The first-order valence-corrected chi connectivity index (χ1v) is 6.08. The molecule has 0 bridgehead atoms. The van der Waals surface area contributed by atoms with E-state index in [1.54, 1.807) is 0 Å². The molecule has 1 aliphatic rings. The molecule has 3 nitrogen and oxygen atoms in total. The van der Waals surface area contributed by atoms with E-state index in [2.05, 4.69) is 6.92 Å². The second kappa shape index (κ2) is 7.83. The van der Waals surface area contributed by atoms with E-state index < -0.39 is 0 Å². The first-order chi connectivity index (χ1) is 7.33. The summed E-state index contributed by atoms with van der Waals surface area (Å²) in [5.74, 6) is 0.352. The summed E-state index contributed by atoms with van der Waals surface area (Å²) < 4.78 is 10.5. The first kappa shape index (κ1) is 12.7. The Morgan fingerprint density at radius 3 is 2.53 bits per heavy atom. The summed E-state index contributed by atoms with van der Waals surface area (Å²) >= 11 is 0. The summed E-state index contributed by atoms with van der Waals surface area (Å²) in [6.45, 7) is 3.53. The average molecular weight is 214 g/mol. The molecule has 0 N–H and O–H groups in total. The Labute approximate surface area is 92.1 Å². The molecule has 0 spiro atoms. The van der Waals surface area contributed by atoms with E-state index in [0.29, 0.717) is 25.4 Å². The number of Topliss-reactive ketones (excluding diaryl/α,β-unsaturated/α-hetero) is 1. The van der Waals surface area contributed by atoms with Crippen molar-refractivity contribution in [2.45, 2.75) is 58.2 Å². The SMILES string of the molecule is CCCCCCC(=O)CCC1OCCO1.